The summed E-state index contributed by atoms with van der Waals surface area (Å²) in [6.45, 7) is 0. The van der Waals surface area contributed by atoms with E-state index in [4.69, 9.17) is 0 Å². The van der Waals surface area contributed by atoms with Gasteiger partial charge >= 0.3 is 0 Å². The molecule has 0 atom stereocenters. The third kappa shape index (κ3) is 2.55. The van der Waals surface area contributed by atoms with Crippen molar-refractivity contribution in [2.75, 3.05) is 0 Å². The van der Waals surface area contributed by atoms with E-state index in [1.165, 1.54) is 80.0 Å². The first-order valence-corrected chi connectivity index (χ1v) is 13.9. The number of fused-ring (bicyclic) bond motifs is 13. The predicted molar refractivity (Wildman–Crippen MR) is 166 cm³/mol. The van der Waals surface area contributed by atoms with Gasteiger partial charge in [-0.25, -0.2) is 0 Å². The molecule has 9 aromatic rings. The molecule has 0 amide bonds. The number of nitrogens with zero attached hydrogens (tertiary/aromatic N) is 1. The largest absolute Gasteiger partial charge is 0.307 e. The highest BCUT2D eigenvalue weighted by Crippen LogP contribution is 2.45. The maximum absolute atomic E-state index is 2.53. The SMILES string of the molecule is c1ccc2c(c1)sc1c(-n3c4ccccc4c4ccc5c6ccccc6c6ccccc6c5c43)cccc12. The average Bonchev–Trinajstić information content (AvgIpc) is 3.53. The fraction of sp³-hybridized carbons (Fsp3) is 0. The molecule has 2 heteroatoms. The topological polar surface area (TPSA) is 4.93 Å². The number of aromatic nitrogens is 1. The van der Waals surface area contributed by atoms with Gasteiger partial charge in [0.2, 0.25) is 0 Å². The normalized spacial score (nSPS) is 12.2. The van der Waals surface area contributed by atoms with Crippen LogP contribution < -0.4 is 0 Å². The Hall–Kier alpha value is -4.66. The third-order valence-electron chi connectivity index (χ3n) is 8.16. The first-order valence-electron chi connectivity index (χ1n) is 13.0. The van der Waals surface area contributed by atoms with Crippen molar-refractivity contribution in [3.63, 3.8) is 0 Å². The highest BCUT2D eigenvalue weighted by Gasteiger charge is 2.20. The van der Waals surface area contributed by atoms with Crippen molar-refractivity contribution in [3.8, 4) is 5.69 Å². The second-order valence-corrected chi connectivity index (χ2v) is 11.1. The molecule has 0 bridgehead atoms. The van der Waals surface area contributed by atoms with Gasteiger partial charge in [-0.2, -0.15) is 0 Å². The first kappa shape index (κ1) is 20.4. The zero-order chi connectivity index (χ0) is 24.8. The Kier molecular flexibility index (Phi) is 3.99. The second kappa shape index (κ2) is 7.44. The maximum Gasteiger partial charge on any atom is 0.0641 e. The minimum absolute atomic E-state index is 1.25. The average molecular weight is 500 g/mol. The van der Waals surface area contributed by atoms with E-state index in [2.05, 4.69) is 132 Å². The van der Waals surface area contributed by atoms with Crippen LogP contribution in [0.2, 0.25) is 0 Å². The summed E-state index contributed by atoms with van der Waals surface area (Å²) in [6.07, 6.45) is 0. The Morgan fingerprint density at radius 3 is 1.74 bits per heavy atom. The molecule has 38 heavy (non-hydrogen) atoms. The Labute approximate surface area is 222 Å². The Morgan fingerprint density at radius 2 is 0.947 bits per heavy atom. The van der Waals surface area contributed by atoms with Gasteiger partial charge in [-0.3, -0.25) is 0 Å². The highest BCUT2D eigenvalue weighted by atomic mass is 32.1. The number of benzene rings is 7. The Balaban J connectivity index is 1.59. The van der Waals surface area contributed by atoms with Gasteiger partial charge in [0.05, 0.1) is 21.4 Å². The Bertz CT molecular complexity index is 2370. The summed E-state index contributed by atoms with van der Waals surface area (Å²) < 4.78 is 5.20. The molecule has 0 saturated heterocycles. The molecule has 0 fully saturated rings. The lowest BCUT2D eigenvalue weighted by atomic mass is 9.93. The minimum Gasteiger partial charge on any atom is -0.307 e. The molecule has 176 valence electrons. The van der Waals surface area contributed by atoms with Gasteiger partial charge in [0, 0.05) is 31.6 Å². The summed E-state index contributed by atoms with van der Waals surface area (Å²) in [5.74, 6) is 0. The van der Waals surface area contributed by atoms with Crippen LogP contribution in [0.15, 0.2) is 127 Å². The first-order chi connectivity index (χ1) is 18.9. The predicted octanol–water partition coefficient (Wildman–Crippen LogP) is 10.6. The lowest BCUT2D eigenvalue weighted by Gasteiger charge is -2.15. The summed E-state index contributed by atoms with van der Waals surface area (Å²) in [5, 5.41) is 13.1. The monoisotopic (exact) mass is 499 g/mol. The summed E-state index contributed by atoms with van der Waals surface area (Å²) in [6, 6.07) is 46.9. The number of hydrogen-bond donors (Lipinski definition) is 0. The van der Waals surface area contributed by atoms with E-state index in [1.54, 1.807) is 0 Å². The van der Waals surface area contributed by atoms with Crippen LogP contribution in [0.3, 0.4) is 0 Å². The van der Waals surface area contributed by atoms with E-state index < -0.39 is 0 Å². The zero-order valence-corrected chi connectivity index (χ0v) is 21.3. The van der Waals surface area contributed by atoms with Crippen LogP contribution in [-0.4, -0.2) is 4.57 Å². The van der Waals surface area contributed by atoms with Crippen molar-refractivity contribution in [3.05, 3.63) is 127 Å². The number of hydrogen-bond acceptors (Lipinski definition) is 1. The van der Waals surface area contributed by atoms with Gasteiger partial charge in [0.15, 0.2) is 0 Å². The zero-order valence-electron chi connectivity index (χ0n) is 20.5. The number of para-hydroxylation sites is 1. The summed E-state index contributed by atoms with van der Waals surface area (Å²) in [4.78, 5) is 0. The van der Waals surface area contributed by atoms with Crippen LogP contribution in [0.1, 0.15) is 0 Å². The molecular weight excluding hydrogens is 478 g/mol. The van der Waals surface area contributed by atoms with Crippen LogP contribution in [0, 0.1) is 0 Å². The van der Waals surface area contributed by atoms with E-state index in [1.807, 2.05) is 11.3 Å². The van der Waals surface area contributed by atoms with E-state index >= 15 is 0 Å². The molecule has 2 heterocycles. The van der Waals surface area contributed by atoms with Crippen LogP contribution >= 0.6 is 11.3 Å². The molecule has 0 radical (unpaired) electrons. The molecule has 1 nitrogen and oxygen atoms in total. The molecule has 0 N–H and O–H groups in total. The van der Waals surface area contributed by atoms with Crippen LogP contribution in [0.25, 0.3) is 80.0 Å². The second-order valence-electron chi connectivity index (χ2n) is 10.1. The van der Waals surface area contributed by atoms with Crippen LogP contribution in [0.4, 0.5) is 0 Å². The van der Waals surface area contributed by atoms with Crippen molar-refractivity contribution in [2.45, 2.75) is 0 Å². The number of rotatable bonds is 1. The summed E-state index contributed by atoms with van der Waals surface area (Å²) in [5.41, 5.74) is 3.78. The van der Waals surface area contributed by atoms with Gasteiger partial charge < -0.3 is 4.57 Å². The van der Waals surface area contributed by atoms with Crippen LogP contribution in [0.5, 0.6) is 0 Å². The van der Waals surface area contributed by atoms with Gasteiger partial charge in [-0.1, -0.05) is 109 Å². The van der Waals surface area contributed by atoms with Crippen molar-refractivity contribution < 1.29 is 0 Å². The lowest BCUT2D eigenvalue weighted by molar-refractivity contribution is 1.21. The van der Waals surface area contributed by atoms with E-state index in [9.17, 15) is 0 Å². The van der Waals surface area contributed by atoms with E-state index in [-0.39, 0.29) is 0 Å². The summed E-state index contributed by atoms with van der Waals surface area (Å²) >= 11 is 1.89. The fourth-order valence-electron chi connectivity index (χ4n) is 6.60. The van der Waals surface area contributed by atoms with Crippen molar-refractivity contribution in [1.82, 2.24) is 4.57 Å². The molecule has 2 aromatic heterocycles. The van der Waals surface area contributed by atoms with Gasteiger partial charge in [-0.15, -0.1) is 11.3 Å². The van der Waals surface area contributed by atoms with Crippen molar-refractivity contribution in [2.24, 2.45) is 0 Å². The van der Waals surface area contributed by atoms with Gasteiger partial charge in [0.1, 0.15) is 0 Å². The minimum atomic E-state index is 1.25. The standard InChI is InChI=1S/C36H21NS/c1-2-12-24-22(10-1)23-11-3-4-15-27(23)34-28(24)20-21-29-25-13-5-7-17-31(25)37(35(29)34)32-18-9-16-30-26-14-6-8-19-33(26)38-36(30)32/h1-21H. The molecule has 0 aliphatic heterocycles. The van der Waals surface area contributed by atoms with Crippen LogP contribution in [-0.2, 0) is 0 Å². The third-order valence-corrected chi connectivity index (χ3v) is 9.37. The lowest BCUT2D eigenvalue weighted by Crippen LogP contribution is -1.95. The van der Waals surface area contributed by atoms with Crippen molar-refractivity contribution >= 4 is 85.6 Å². The maximum atomic E-state index is 2.53. The van der Waals surface area contributed by atoms with Gasteiger partial charge in [-0.05, 0) is 45.1 Å². The quantitative estimate of drug-likeness (QED) is 0.198. The molecule has 9 rings (SSSR count). The molecule has 0 saturated carbocycles. The van der Waals surface area contributed by atoms with Gasteiger partial charge in [0.25, 0.3) is 0 Å². The molecule has 0 unspecified atom stereocenters. The summed E-state index contributed by atoms with van der Waals surface area (Å²) in [7, 11) is 0. The molecule has 0 aliphatic carbocycles. The molecule has 7 aromatic carbocycles. The Morgan fingerprint density at radius 1 is 0.395 bits per heavy atom. The highest BCUT2D eigenvalue weighted by molar-refractivity contribution is 7.26. The van der Waals surface area contributed by atoms with E-state index in [0.717, 1.165) is 0 Å². The molecule has 0 spiro atoms. The molecular formula is C36H21NS. The molecule has 0 aliphatic rings. The van der Waals surface area contributed by atoms with E-state index in [0.29, 0.717) is 0 Å². The number of thiophene rings is 1. The van der Waals surface area contributed by atoms with Crippen molar-refractivity contribution in [1.29, 1.82) is 0 Å². The fourth-order valence-corrected chi connectivity index (χ4v) is 7.81. The smallest absolute Gasteiger partial charge is 0.0641 e.